The van der Waals surface area contributed by atoms with E-state index in [2.05, 4.69) is 5.32 Å². The van der Waals surface area contributed by atoms with E-state index in [1.54, 1.807) is 24.3 Å². The van der Waals surface area contributed by atoms with E-state index in [1.807, 2.05) is 44.2 Å². The molecule has 10 heteroatoms. The van der Waals surface area contributed by atoms with Crippen LogP contribution < -0.4 is 14.4 Å². The van der Waals surface area contributed by atoms with Gasteiger partial charge in [-0.2, -0.15) is 0 Å². The van der Waals surface area contributed by atoms with Crippen molar-refractivity contribution in [1.82, 2.24) is 10.2 Å². The normalized spacial score (nSPS) is 11.9. The zero-order valence-corrected chi connectivity index (χ0v) is 24.6. The third-order valence-electron chi connectivity index (χ3n) is 6.44. The van der Waals surface area contributed by atoms with Crippen molar-refractivity contribution in [3.8, 4) is 5.75 Å². The number of nitrogens with zero attached hydrogens (tertiary/aromatic N) is 2. The van der Waals surface area contributed by atoms with Crippen molar-refractivity contribution in [2.45, 2.75) is 50.6 Å². The zero-order valence-electron chi connectivity index (χ0n) is 23.0. The Hall–Kier alpha value is -3.56. The molecular weight excluding hydrogens is 550 g/mol. The van der Waals surface area contributed by atoms with Crippen LogP contribution in [0.15, 0.2) is 83.8 Å². The molecule has 1 atom stereocenters. The quantitative estimate of drug-likeness (QED) is 0.260. The van der Waals surface area contributed by atoms with E-state index in [0.29, 0.717) is 18.7 Å². The van der Waals surface area contributed by atoms with E-state index >= 15 is 0 Å². The third kappa shape index (κ3) is 7.76. The van der Waals surface area contributed by atoms with E-state index in [0.717, 1.165) is 22.7 Å². The van der Waals surface area contributed by atoms with Crippen molar-refractivity contribution >= 4 is 39.1 Å². The van der Waals surface area contributed by atoms with Crippen LogP contribution in [0.2, 0.25) is 5.02 Å². The molecule has 40 heavy (non-hydrogen) atoms. The number of ether oxygens (including phenoxy) is 1. The minimum atomic E-state index is -4.18. The predicted octanol–water partition coefficient (Wildman–Crippen LogP) is 5.27. The highest BCUT2D eigenvalue weighted by atomic mass is 35.5. The van der Waals surface area contributed by atoms with E-state index < -0.39 is 28.5 Å². The predicted molar refractivity (Wildman–Crippen MR) is 158 cm³/mol. The monoisotopic (exact) mass is 585 g/mol. The fraction of sp³-hybridized carbons (Fsp3) is 0.333. The van der Waals surface area contributed by atoms with E-state index in [9.17, 15) is 18.0 Å². The number of carbonyl (C=O) groups excluding carboxylic acids is 2. The van der Waals surface area contributed by atoms with Crippen molar-refractivity contribution in [3.05, 3.63) is 89.4 Å². The molecule has 0 fully saturated rings. The maximum atomic E-state index is 14.0. The number of nitrogens with one attached hydrogen (secondary N) is 1. The van der Waals surface area contributed by atoms with Crippen LogP contribution in [0.3, 0.4) is 0 Å². The minimum Gasteiger partial charge on any atom is -0.495 e. The summed E-state index contributed by atoms with van der Waals surface area (Å²) in [6.07, 6.45) is 2.09. The number of benzene rings is 3. The molecule has 3 aromatic carbocycles. The molecule has 3 aromatic rings. The number of hydrogen-bond acceptors (Lipinski definition) is 5. The Labute approximate surface area is 241 Å². The van der Waals surface area contributed by atoms with Crippen molar-refractivity contribution in [2.24, 2.45) is 0 Å². The molecule has 3 rings (SSSR count). The molecule has 0 radical (unpaired) electrons. The summed E-state index contributed by atoms with van der Waals surface area (Å²) in [6.45, 7) is 3.96. The fourth-order valence-corrected chi connectivity index (χ4v) is 5.94. The Bertz CT molecular complexity index is 1370. The van der Waals surface area contributed by atoms with Gasteiger partial charge in [-0.1, -0.05) is 80.4 Å². The number of carbonyl (C=O) groups is 2. The maximum absolute atomic E-state index is 14.0. The summed E-state index contributed by atoms with van der Waals surface area (Å²) in [5, 5.41) is 3.12. The zero-order chi connectivity index (χ0) is 29.1. The molecule has 2 amide bonds. The van der Waals surface area contributed by atoms with Gasteiger partial charge >= 0.3 is 0 Å². The molecule has 0 spiro atoms. The highest BCUT2D eigenvalue weighted by Crippen LogP contribution is 2.32. The SMILES string of the molecule is CCCCNC(=O)C(CC)N(Cc1ccccc1)C(=O)CN(c1ccc(OC)c(Cl)c1)S(=O)(=O)c1ccccc1. The Morgan fingerprint density at radius 1 is 0.975 bits per heavy atom. The molecule has 1 N–H and O–H groups in total. The van der Waals surface area contributed by atoms with Gasteiger partial charge in [-0.3, -0.25) is 13.9 Å². The summed E-state index contributed by atoms with van der Waals surface area (Å²) in [5.74, 6) is -0.424. The highest BCUT2D eigenvalue weighted by molar-refractivity contribution is 7.92. The first kappa shape index (κ1) is 31.0. The molecule has 0 saturated heterocycles. The fourth-order valence-electron chi connectivity index (χ4n) is 4.26. The molecule has 8 nitrogen and oxygen atoms in total. The number of halogens is 1. The summed E-state index contributed by atoms with van der Waals surface area (Å²) in [4.78, 5) is 28.7. The topological polar surface area (TPSA) is 96.0 Å². The number of anilines is 1. The summed E-state index contributed by atoms with van der Waals surface area (Å²) in [6, 6.07) is 20.9. The first-order valence-electron chi connectivity index (χ1n) is 13.2. The van der Waals surface area contributed by atoms with Crippen LogP contribution in [0.5, 0.6) is 5.75 Å². The Morgan fingerprint density at radius 3 is 2.20 bits per heavy atom. The van der Waals surface area contributed by atoms with E-state index in [4.69, 9.17) is 16.3 Å². The second-order valence-corrected chi connectivity index (χ2v) is 11.5. The molecule has 0 aliphatic carbocycles. The lowest BCUT2D eigenvalue weighted by molar-refractivity contribution is -0.140. The van der Waals surface area contributed by atoms with Gasteiger partial charge in [-0.25, -0.2) is 8.42 Å². The van der Waals surface area contributed by atoms with Gasteiger partial charge in [0.05, 0.1) is 22.7 Å². The maximum Gasteiger partial charge on any atom is 0.264 e. The van der Waals surface area contributed by atoms with Gasteiger partial charge in [-0.05, 0) is 48.7 Å². The lowest BCUT2D eigenvalue weighted by Gasteiger charge is -2.33. The van der Waals surface area contributed by atoms with Gasteiger partial charge in [0, 0.05) is 13.1 Å². The molecule has 0 heterocycles. The lowest BCUT2D eigenvalue weighted by atomic mass is 10.1. The van der Waals surface area contributed by atoms with Gasteiger partial charge in [-0.15, -0.1) is 0 Å². The van der Waals surface area contributed by atoms with Crippen LogP contribution >= 0.6 is 11.6 Å². The minimum absolute atomic E-state index is 0.0219. The number of unbranched alkanes of at least 4 members (excludes halogenated alkanes) is 1. The Morgan fingerprint density at radius 2 is 1.62 bits per heavy atom. The van der Waals surface area contributed by atoms with Crippen molar-refractivity contribution < 1.29 is 22.7 Å². The van der Waals surface area contributed by atoms with Gasteiger partial charge in [0.2, 0.25) is 11.8 Å². The summed E-state index contributed by atoms with van der Waals surface area (Å²) in [7, 11) is -2.72. The average molecular weight is 586 g/mol. The first-order chi connectivity index (χ1) is 19.2. The molecule has 214 valence electrons. The van der Waals surface area contributed by atoms with Crippen LogP contribution in [-0.2, 0) is 26.2 Å². The van der Waals surface area contributed by atoms with Crippen LogP contribution in [0.1, 0.15) is 38.7 Å². The smallest absolute Gasteiger partial charge is 0.264 e. The number of amides is 2. The van der Waals surface area contributed by atoms with Gasteiger partial charge in [0.15, 0.2) is 0 Å². The molecule has 0 saturated carbocycles. The van der Waals surface area contributed by atoms with Crippen molar-refractivity contribution in [2.75, 3.05) is 24.5 Å². The van der Waals surface area contributed by atoms with Crippen molar-refractivity contribution in [3.63, 3.8) is 0 Å². The van der Waals surface area contributed by atoms with Crippen LogP contribution in [0, 0.1) is 0 Å². The number of rotatable bonds is 14. The largest absolute Gasteiger partial charge is 0.495 e. The summed E-state index contributed by atoms with van der Waals surface area (Å²) < 4.78 is 34.0. The average Bonchev–Trinajstić information content (AvgIpc) is 2.96. The van der Waals surface area contributed by atoms with Crippen molar-refractivity contribution in [1.29, 1.82) is 0 Å². The third-order valence-corrected chi connectivity index (χ3v) is 8.53. The Kier molecular flexibility index (Phi) is 11.4. The van der Waals surface area contributed by atoms with Crippen LogP contribution in [-0.4, -0.2) is 51.4 Å². The van der Waals surface area contributed by atoms with Crippen LogP contribution in [0.25, 0.3) is 0 Å². The van der Waals surface area contributed by atoms with E-state index in [1.165, 1.54) is 36.3 Å². The van der Waals surface area contributed by atoms with Crippen LogP contribution in [0.4, 0.5) is 5.69 Å². The molecule has 0 aromatic heterocycles. The lowest BCUT2D eigenvalue weighted by Crippen LogP contribution is -2.52. The number of hydrogen-bond donors (Lipinski definition) is 1. The first-order valence-corrected chi connectivity index (χ1v) is 15.1. The molecule has 0 bridgehead atoms. The molecule has 0 aliphatic heterocycles. The van der Waals surface area contributed by atoms with Gasteiger partial charge in [0.1, 0.15) is 18.3 Å². The second kappa shape index (κ2) is 14.7. The Balaban J connectivity index is 2.04. The molecule has 0 aliphatic rings. The second-order valence-electron chi connectivity index (χ2n) is 9.22. The molecule has 1 unspecified atom stereocenters. The number of methoxy groups -OCH3 is 1. The number of sulfonamides is 1. The standard InChI is InChI=1S/C30H36ClN3O5S/c1-4-6-19-32-30(36)27(5-2)33(21-23-13-9-7-10-14-23)29(35)22-34(24-17-18-28(39-3)26(31)20-24)40(37,38)25-15-11-8-12-16-25/h7-18,20,27H,4-6,19,21-22H2,1-3H3,(H,32,36). The highest BCUT2D eigenvalue weighted by Gasteiger charge is 2.33. The van der Waals surface area contributed by atoms with E-state index in [-0.39, 0.29) is 28.1 Å². The summed E-state index contributed by atoms with van der Waals surface area (Å²) in [5.41, 5.74) is 1.02. The van der Waals surface area contributed by atoms with Gasteiger partial charge in [0.25, 0.3) is 10.0 Å². The summed E-state index contributed by atoms with van der Waals surface area (Å²) >= 11 is 6.36. The van der Waals surface area contributed by atoms with Gasteiger partial charge < -0.3 is 15.0 Å². The molecular formula is C30H36ClN3O5S.